The molecule has 0 aliphatic carbocycles. The molecule has 0 aromatic rings. The molecule has 5 nitrogen and oxygen atoms in total. The molecular weight excluding hydrogens is 228 g/mol. The lowest BCUT2D eigenvalue weighted by atomic mass is 10.4. The zero-order valence-electron chi connectivity index (χ0n) is 10.1. The summed E-state index contributed by atoms with van der Waals surface area (Å²) < 4.78 is 20.4. The molecule has 0 aromatic carbocycles. The van der Waals surface area contributed by atoms with E-state index in [0.29, 0.717) is 5.57 Å². The van der Waals surface area contributed by atoms with Crippen molar-refractivity contribution >= 4 is 14.8 Å². The highest BCUT2D eigenvalue weighted by Crippen LogP contribution is 2.09. The first-order valence-electron chi connectivity index (χ1n) is 4.72. The van der Waals surface area contributed by atoms with Gasteiger partial charge in [-0.1, -0.05) is 12.7 Å². The van der Waals surface area contributed by atoms with E-state index < -0.39 is 14.8 Å². The average molecular weight is 246 g/mol. The third-order valence-corrected chi connectivity index (χ3v) is 4.14. The Morgan fingerprint density at radius 1 is 1.38 bits per heavy atom. The molecule has 0 fully saturated rings. The van der Waals surface area contributed by atoms with Crippen molar-refractivity contribution in [3.8, 4) is 0 Å². The molecule has 0 aromatic heterocycles. The van der Waals surface area contributed by atoms with Crippen molar-refractivity contribution in [1.82, 2.24) is 0 Å². The summed E-state index contributed by atoms with van der Waals surface area (Å²) in [6.07, 6.45) is 1.76. The molecule has 0 saturated heterocycles. The van der Waals surface area contributed by atoms with Crippen LogP contribution in [0, 0.1) is 0 Å². The molecule has 0 aliphatic heterocycles. The molecule has 0 aliphatic rings. The largest absolute Gasteiger partial charge is 0.531 e. The highest BCUT2D eigenvalue weighted by molar-refractivity contribution is 6.66. The quantitative estimate of drug-likeness (QED) is 0.294. The number of allylic oxidation sites excluding steroid dienone is 1. The third-order valence-electron chi connectivity index (χ3n) is 1.74. The Kier molecular flexibility index (Phi) is 6.90. The first-order valence-corrected chi connectivity index (χ1v) is 6.52. The molecule has 0 rings (SSSR count). The van der Waals surface area contributed by atoms with E-state index in [1.54, 1.807) is 18.7 Å². The van der Waals surface area contributed by atoms with Gasteiger partial charge in [0.1, 0.15) is 0 Å². The van der Waals surface area contributed by atoms with Crippen molar-refractivity contribution in [2.75, 3.05) is 21.0 Å². The van der Waals surface area contributed by atoms with Crippen molar-refractivity contribution in [2.45, 2.75) is 13.8 Å². The lowest BCUT2D eigenvalue weighted by Gasteiger charge is -2.22. The Hall–Kier alpha value is -0.953. The molecule has 0 N–H and O–H groups in total. The minimum Gasteiger partial charge on any atom is -0.436 e. The first kappa shape index (κ1) is 15.0. The highest BCUT2D eigenvalue weighted by atomic mass is 28.4. The molecule has 0 radical (unpaired) electrons. The fraction of sp³-hybridized carbons (Fsp3) is 0.500. The predicted molar refractivity (Wildman–Crippen MR) is 61.4 cm³/mol. The van der Waals surface area contributed by atoms with Crippen LogP contribution in [0.2, 0.25) is 0 Å². The van der Waals surface area contributed by atoms with Gasteiger partial charge in [-0.2, -0.15) is 0 Å². The van der Waals surface area contributed by atoms with E-state index in [4.69, 9.17) is 18.0 Å². The summed E-state index contributed by atoms with van der Waals surface area (Å²) in [4.78, 5) is 11.1. The second-order valence-corrected chi connectivity index (χ2v) is 5.63. The SMILES string of the molecule is C=C(C)C(=O)OCO[Si](C=CC)(OC)OC. The summed E-state index contributed by atoms with van der Waals surface area (Å²) >= 11 is 0. The third kappa shape index (κ3) is 4.71. The fourth-order valence-corrected chi connectivity index (χ4v) is 2.28. The standard InChI is InChI=1S/C10H18O5Si/c1-6-7-16(12-4,13-5)15-8-14-10(11)9(2)3/h6-7H,2,8H2,1,3-5H3. The monoisotopic (exact) mass is 246 g/mol. The Bertz CT molecular complexity index is 270. The average Bonchev–Trinajstić information content (AvgIpc) is 2.27. The van der Waals surface area contributed by atoms with E-state index in [1.165, 1.54) is 14.2 Å². The summed E-state index contributed by atoms with van der Waals surface area (Å²) in [5.41, 5.74) is 2.01. The predicted octanol–water partition coefficient (Wildman–Crippen LogP) is 1.43. The zero-order chi connectivity index (χ0) is 12.6. The van der Waals surface area contributed by atoms with Crippen LogP contribution in [-0.2, 0) is 22.8 Å². The van der Waals surface area contributed by atoms with Gasteiger partial charge in [0.25, 0.3) is 0 Å². The van der Waals surface area contributed by atoms with Crippen molar-refractivity contribution in [1.29, 1.82) is 0 Å². The van der Waals surface area contributed by atoms with Gasteiger partial charge in [0.05, 0.1) is 0 Å². The molecule has 0 amide bonds. The van der Waals surface area contributed by atoms with Gasteiger partial charge in [0, 0.05) is 19.8 Å². The molecule has 6 heteroatoms. The Labute approximate surface area is 97.0 Å². The molecule has 0 heterocycles. The maximum atomic E-state index is 11.1. The lowest BCUT2D eigenvalue weighted by Crippen LogP contribution is -2.43. The van der Waals surface area contributed by atoms with Crippen LogP contribution in [0.4, 0.5) is 0 Å². The van der Waals surface area contributed by atoms with E-state index in [9.17, 15) is 4.79 Å². The van der Waals surface area contributed by atoms with Crippen LogP contribution in [0.25, 0.3) is 0 Å². The van der Waals surface area contributed by atoms with E-state index in [1.807, 2.05) is 6.92 Å². The van der Waals surface area contributed by atoms with Crippen LogP contribution < -0.4 is 0 Å². The molecule has 0 saturated carbocycles. The second-order valence-electron chi connectivity index (χ2n) is 2.99. The van der Waals surface area contributed by atoms with Gasteiger partial charge in [0.2, 0.25) is 0 Å². The van der Waals surface area contributed by atoms with E-state index >= 15 is 0 Å². The summed E-state index contributed by atoms with van der Waals surface area (Å²) in [5, 5.41) is 0. The molecule has 0 unspecified atom stereocenters. The molecule has 92 valence electrons. The zero-order valence-corrected chi connectivity index (χ0v) is 11.1. The van der Waals surface area contributed by atoms with Crippen LogP contribution in [-0.4, -0.2) is 35.8 Å². The molecule has 0 atom stereocenters. The summed E-state index contributed by atoms with van der Waals surface area (Å²) in [7, 11) is 0.132. The van der Waals surface area contributed by atoms with Crippen molar-refractivity contribution in [2.24, 2.45) is 0 Å². The van der Waals surface area contributed by atoms with E-state index in [-0.39, 0.29) is 6.79 Å². The Morgan fingerprint density at radius 3 is 2.31 bits per heavy atom. The van der Waals surface area contributed by atoms with Crippen LogP contribution in [0.15, 0.2) is 23.9 Å². The first-order chi connectivity index (χ1) is 7.51. The van der Waals surface area contributed by atoms with Gasteiger partial charge in [0.15, 0.2) is 6.79 Å². The highest BCUT2D eigenvalue weighted by Gasteiger charge is 2.36. The maximum absolute atomic E-state index is 11.1. The molecule has 0 bridgehead atoms. The van der Waals surface area contributed by atoms with Gasteiger partial charge in [-0.05, 0) is 19.5 Å². The normalized spacial score (nSPS) is 11.8. The number of carbonyl (C=O) groups is 1. The van der Waals surface area contributed by atoms with Crippen LogP contribution in [0.3, 0.4) is 0 Å². The van der Waals surface area contributed by atoms with Crippen LogP contribution in [0.1, 0.15) is 13.8 Å². The Balaban J connectivity index is 4.23. The minimum absolute atomic E-state index is 0.218. The van der Waals surface area contributed by atoms with Gasteiger partial charge < -0.3 is 18.0 Å². The van der Waals surface area contributed by atoms with Gasteiger partial charge in [-0.3, -0.25) is 0 Å². The molecule has 16 heavy (non-hydrogen) atoms. The number of carbonyl (C=O) groups excluding carboxylic acids is 1. The summed E-state index contributed by atoms with van der Waals surface area (Å²) in [5.74, 6) is -0.504. The molecular formula is C10H18O5Si. The van der Waals surface area contributed by atoms with Crippen molar-refractivity contribution in [3.05, 3.63) is 23.9 Å². The number of esters is 1. The number of hydrogen-bond acceptors (Lipinski definition) is 5. The maximum Gasteiger partial charge on any atom is 0.531 e. The van der Waals surface area contributed by atoms with Crippen LogP contribution >= 0.6 is 0 Å². The van der Waals surface area contributed by atoms with E-state index in [0.717, 1.165) is 0 Å². The number of rotatable bonds is 7. The molecule has 0 spiro atoms. The minimum atomic E-state index is -2.83. The van der Waals surface area contributed by atoms with Gasteiger partial charge in [-0.15, -0.1) is 0 Å². The van der Waals surface area contributed by atoms with Gasteiger partial charge in [-0.25, -0.2) is 4.79 Å². The van der Waals surface area contributed by atoms with Crippen LogP contribution in [0.5, 0.6) is 0 Å². The summed E-state index contributed by atoms with van der Waals surface area (Å²) in [6.45, 7) is 6.62. The fourth-order valence-electron chi connectivity index (χ4n) is 0.878. The van der Waals surface area contributed by atoms with Gasteiger partial charge >= 0.3 is 14.8 Å². The second kappa shape index (κ2) is 7.34. The topological polar surface area (TPSA) is 54.0 Å². The van der Waals surface area contributed by atoms with Crippen molar-refractivity contribution in [3.63, 3.8) is 0 Å². The Morgan fingerprint density at radius 2 is 1.94 bits per heavy atom. The lowest BCUT2D eigenvalue weighted by molar-refractivity contribution is -0.147. The smallest absolute Gasteiger partial charge is 0.436 e. The summed E-state index contributed by atoms with van der Waals surface area (Å²) in [6, 6.07) is 0. The number of ether oxygens (including phenoxy) is 1. The van der Waals surface area contributed by atoms with Crippen molar-refractivity contribution < 1.29 is 22.8 Å². The van der Waals surface area contributed by atoms with E-state index in [2.05, 4.69) is 6.58 Å². The number of hydrogen-bond donors (Lipinski definition) is 0.